The van der Waals surface area contributed by atoms with Crippen molar-refractivity contribution in [2.75, 3.05) is 13.6 Å². The van der Waals surface area contributed by atoms with Crippen LogP contribution in [0.1, 0.15) is 15.9 Å². The van der Waals surface area contributed by atoms with E-state index >= 15 is 0 Å². The molecule has 0 aromatic heterocycles. The monoisotopic (exact) mass is 232 g/mol. The average molecular weight is 232 g/mol. The minimum atomic E-state index is -1.06. The fourth-order valence-corrected chi connectivity index (χ4v) is 1.40. The van der Waals surface area contributed by atoms with Crippen molar-refractivity contribution in [1.82, 2.24) is 4.90 Å². The molecule has 0 unspecified atom stereocenters. The zero-order valence-corrected chi connectivity index (χ0v) is 9.38. The van der Waals surface area contributed by atoms with Crippen molar-refractivity contribution in [2.45, 2.75) is 6.42 Å². The SMILES string of the molecule is CN(CC(=O)O)C(=O)c1cccc(CC#N)c1. The summed E-state index contributed by atoms with van der Waals surface area (Å²) in [6, 6.07) is 8.61. The van der Waals surface area contributed by atoms with Crippen LogP contribution in [0.2, 0.25) is 0 Å². The number of rotatable bonds is 4. The maximum Gasteiger partial charge on any atom is 0.323 e. The highest BCUT2D eigenvalue weighted by Crippen LogP contribution is 2.08. The molecule has 0 radical (unpaired) electrons. The number of carbonyl (C=O) groups is 2. The van der Waals surface area contributed by atoms with E-state index in [2.05, 4.69) is 0 Å². The van der Waals surface area contributed by atoms with E-state index in [4.69, 9.17) is 10.4 Å². The summed E-state index contributed by atoms with van der Waals surface area (Å²) in [5.74, 6) is -1.43. The number of carbonyl (C=O) groups excluding carboxylic acids is 1. The lowest BCUT2D eigenvalue weighted by Crippen LogP contribution is -2.31. The summed E-state index contributed by atoms with van der Waals surface area (Å²) in [5.41, 5.74) is 1.13. The Labute approximate surface area is 98.9 Å². The third-order valence-corrected chi connectivity index (χ3v) is 2.18. The van der Waals surface area contributed by atoms with Crippen LogP contribution >= 0.6 is 0 Å². The molecule has 88 valence electrons. The molecule has 1 N–H and O–H groups in total. The number of benzene rings is 1. The summed E-state index contributed by atoms with van der Waals surface area (Å²) in [5, 5.41) is 17.1. The minimum Gasteiger partial charge on any atom is -0.480 e. The fourth-order valence-electron chi connectivity index (χ4n) is 1.40. The topological polar surface area (TPSA) is 81.4 Å². The first-order chi connectivity index (χ1) is 8.04. The number of nitrogens with zero attached hydrogens (tertiary/aromatic N) is 2. The normalized spacial score (nSPS) is 9.41. The first-order valence-corrected chi connectivity index (χ1v) is 4.97. The summed E-state index contributed by atoms with van der Waals surface area (Å²) in [6.45, 7) is -0.346. The summed E-state index contributed by atoms with van der Waals surface area (Å²) >= 11 is 0. The number of hydrogen-bond acceptors (Lipinski definition) is 3. The Morgan fingerprint density at radius 3 is 2.76 bits per heavy atom. The van der Waals surface area contributed by atoms with Gasteiger partial charge in [0.2, 0.25) is 0 Å². The van der Waals surface area contributed by atoms with Gasteiger partial charge in [0, 0.05) is 12.6 Å². The number of amides is 1. The molecule has 0 aliphatic carbocycles. The molecule has 0 aliphatic heterocycles. The van der Waals surface area contributed by atoms with Gasteiger partial charge in [0.1, 0.15) is 6.54 Å². The molecule has 0 atom stereocenters. The number of aliphatic carboxylic acids is 1. The Bertz CT molecular complexity index is 477. The van der Waals surface area contributed by atoms with Gasteiger partial charge in [-0.1, -0.05) is 12.1 Å². The van der Waals surface area contributed by atoms with Crippen molar-refractivity contribution in [3.05, 3.63) is 35.4 Å². The summed E-state index contributed by atoms with van der Waals surface area (Å²) in [4.78, 5) is 23.4. The highest BCUT2D eigenvalue weighted by atomic mass is 16.4. The maximum atomic E-state index is 11.8. The van der Waals surface area contributed by atoms with Crippen LogP contribution in [0.4, 0.5) is 0 Å². The molecule has 0 aliphatic rings. The number of carboxylic acids is 1. The van der Waals surface area contributed by atoms with E-state index in [-0.39, 0.29) is 18.9 Å². The lowest BCUT2D eigenvalue weighted by molar-refractivity contribution is -0.137. The Hall–Kier alpha value is -2.35. The third-order valence-electron chi connectivity index (χ3n) is 2.18. The molecule has 0 heterocycles. The molecule has 0 fully saturated rings. The van der Waals surface area contributed by atoms with E-state index in [0.717, 1.165) is 10.5 Å². The van der Waals surface area contributed by atoms with E-state index in [0.29, 0.717) is 5.56 Å². The van der Waals surface area contributed by atoms with Crippen molar-refractivity contribution < 1.29 is 14.7 Å². The lowest BCUT2D eigenvalue weighted by atomic mass is 10.1. The first kappa shape index (κ1) is 12.7. The second-order valence-corrected chi connectivity index (χ2v) is 3.59. The molecule has 1 aromatic carbocycles. The molecule has 17 heavy (non-hydrogen) atoms. The quantitative estimate of drug-likeness (QED) is 0.836. The molecule has 1 rings (SSSR count). The van der Waals surface area contributed by atoms with E-state index < -0.39 is 5.97 Å². The van der Waals surface area contributed by atoms with Gasteiger partial charge in [-0.25, -0.2) is 0 Å². The molecule has 1 amide bonds. The number of nitriles is 1. The molecule has 5 nitrogen and oxygen atoms in total. The van der Waals surface area contributed by atoms with Gasteiger partial charge in [0.05, 0.1) is 12.5 Å². The number of carboxylic acid groups (broad SMARTS) is 1. The minimum absolute atomic E-state index is 0.226. The average Bonchev–Trinajstić information content (AvgIpc) is 2.28. The number of likely N-dealkylation sites (N-methyl/N-ethyl adjacent to an activating group) is 1. The Morgan fingerprint density at radius 2 is 2.18 bits per heavy atom. The summed E-state index contributed by atoms with van der Waals surface area (Å²) in [7, 11) is 1.42. The fraction of sp³-hybridized carbons (Fsp3) is 0.250. The van der Waals surface area contributed by atoms with Gasteiger partial charge in [-0.2, -0.15) is 5.26 Å². The van der Waals surface area contributed by atoms with Crippen LogP contribution in [0, 0.1) is 11.3 Å². The van der Waals surface area contributed by atoms with E-state index in [1.807, 2.05) is 6.07 Å². The highest BCUT2D eigenvalue weighted by Gasteiger charge is 2.14. The van der Waals surface area contributed by atoms with Crippen molar-refractivity contribution in [2.24, 2.45) is 0 Å². The van der Waals surface area contributed by atoms with Gasteiger partial charge in [-0.05, 0) is 17.7 Å². The second-order valence-electron chi connectivity index (χ2n) is 3.59. The van der Waals surface area contributed by atoms with Gasteiger partial charge >= 0.3 is 5.97 Å². The standard InChI is InChI=1S/C12H12N2O3/c1-14(8-11(15)16)12(17)10-4-2-3-9(7-10)5-6-13/h2-4,7H,5,8H2,1H3,(H,15,16). The summed E-state index contributed by atoms with van der Waals surface area (Å²) in [6.07, 6.45) is 0.226. The molecule has 0 spiro atoms. The Balaban J connectivity index is 2.85. The van der Waals surface area contributed by atoms with Gasteiger partial charge in [0.25, 0.3) is 5.91 Å². The number of hydrogen-bond donors (Lipinski definition) is 1. The van der Waals surface area contributed by atoms with Crippen LogP contribution in [0.25, 0.3) is 0 Å². The van der Waals surface area contributed by atoms with Crippen LogP contribution < -0.4 is 0 Å². The predicted octanol–water partition coefficient (Wildman–Crippen LogP) is 0.909. The smallest absolute Gasteiger partial charge is 0.323 e. The van der Waals surface area contributed by atoms with Crippen LogP contribution in [-0.4, -0.2) is 35.5 Å². The van der Waals surface area contributed by atoms with Gasteiger partial charge in [-0.3, -0.25) is 9.59 Å². The zero-order valence-electron chi connectivity index (χ0n) is 9.38. The van der Waals surface area contributed by atoms with E-state index in [1.165, 1.54) is 7.05 Å². The molecular formula is C12H12N2O3. The summed E-state index contributed by atoms with van der Waals surface area (Å²) < 4.78 is 0. The van der Waals surface area contributed by atoms with Crippen LogP contribution in [0.5, 0.6) is 0 Å². The predicted molar refractivity (Wildman–Crippen MR) is 60.4 cm³/mol. The van der Waals surface area contributed by atoms with Crippen LogP contribution in [-0.2, 0) is 11.2 Å². The second kappa shape index (κ2) is 5.66. The van der Waals surface area contributed by atoms with E-state index in [9.17, 15) is 9.59 Å². The lowest BCUT2D eigenvalue weighted by Gasteiger charge is -2.14. The molecule has 5 heteroatoms. The van der Waals surface area contributed by atoms with Crippen molar-refractivity contribution in [3.8, 4) is 6.07 Å². The maximum absolute atomic E-state index is 11.8. The molecule has 1 aromatic rings. The molecule has 0 bridgehead atoms. The van der Waals surface area contributed by atoms with Crippen molar-refractivity contribution in [1.29, 1.82) is 5.26 Å². The Kier molecular flexibility index (Phi) is 4.23. The molecule has 0 saturated carbocycles. The molecule has 0 saturated heterocycles. The third kappa shape index (κ3) is 3.61. The van der Waals surface area contributed by atoms with Gasteiger partial charge in [-0.15, -0.1) is 0 Å². The van der Waals surface area contributed by atoms with Crippen LogP contribution in [0.15, 0.2) is 24.3 Å². The zero-order chi connectivity index (χ0) is 12.8. The van der Waals surface area contributed by atoms with Gasteiger partial charge in [0.15, 0.2) is 0 Å². The van der Waals surface area contributed by atoms with Gasteiger partial charge < -0.3 is 10.0 Å². The Morgan fingerprint density at radius 1 is 1.47 bits per heavy atom. The highest BCUT2D eigenvalue weighted by molar-refractivity contribution is 5.95. The van der Waals surface area contributed by atoms with Crippen molar-refractivity contribution >= 4 is 11.9 Å². The molecular weight excluding hydrogens is 220 g/mol. The first-order valence-electron chi connectivity index (χ1n) is 4.97. The van der Waals surface area contributed by atoms with Crippen LogP contribution in [0.3, 0.4) is 0 Å². The van der Waals surface area contributed by atoms with E-state index in [1.54, 1.807) is 24.3 Å². The van der Waals surface area contributed by atoms with Crippen molar-refractivity contribution in [3.63, 3.8) is 0 Å². The largest absolute Gasteiger partial charge is 0.480 e.